The van der Waals surface area contributed by atoms with Gasteiger partial charge in [0.2, 0.25) is 0 Å². The van der Waals surface area contributed by atoms with Crippen molar-refractivity contribution in [2.45, 2.75) is 58.9 Å². The van der Waals surface area contributed by atoms with Crippen LogP contribution >= 0.6 is 0 Å². The van der Waals surface area contributed by atoms with Gasteiger partial charge in [0.05, 0.1) is 0 Å². The summed E-state index contributed by atoms with van der Waals surface area (Å²) in [5, 5.41) is 3.69. The molecule has 0 spiro atoms. The molecule has 0 aromatic heterocycles. The molecular formula is C17H27N. The van der Waals surface area contributed by atoms with E-state index in [1.165, 1.54) is 49.8 Å². The van der Waals surface area contributed by atoms with Gasteiger partial charge in [0, 0.05) is 13.1 Å². The maximum Gasteiger partial charge on any atom is 0.0208 e. The molecule has 1 aromatic rings. The van der Waals surface area contributed by atoms with Gasteiger partial charge in [0.25, 0.3) is 0 Å². The van der Waals surface area contributed by atoms with E-state index in [4.69, 9.17) is 0 Å². The third kappa shape index (κ3) is 3.58. The zero-order valence-electron chi connectivity index (χ0n) is 12.0. The van der Waals surface area contributed by atoms with E-state index in [1.807, 2.05) is 0 Å². The molecule has 1 aliphatic rings. The Morgan fingerprint density at radius 1 is 1.06 bits per heavy atom. The predicted molar refractivity (Wildman–Crippen MR) is 78.7 cm³/mol. The summed E-state index contributed by atoms with van der Waals surface area (Å²) in [5.74, 6) is 0. The van der Waals surface area contributed by atoms with Crippen molar-refractivity contribution in [3.63, 3.8) is 0 Å². The molecule has 2 rings (SSSR count). The van der Waals surface area contributed by atoms with Gasteiger partial charge in [0.15, 0.2) is 0 Å². The SMILES string of the molecule is CCc1ccccc1CNCC1(C)CCCCC1. The minimum absolute atomic E-state index is 0.541. The van der Waals surface area contributed by atoms with Crippen molar-refractivity contribution in [1.82, 2.24) is 5.32 Å². The van der Waals surface area contributed by atoms with Gasteiger partial charge in [-0.05, 0) is 35.8 Å². The van der Waals surface area contributed by atoms with Crippen molar-refractivity contribution in [2.24, 2.45) is 5.41 Å². The Balaban J connectivity index is 1.84. The summed E-state index contributed by atoms with van der Waals surface area (Å²) in [6, 6.07) is 8.80. The van der Waals surface area contributed by atoms with Crippen LogP contribution in [0.3, 0.4) is 0 Å². The lowest BCUT2D eigenvalue weighted by atomic mass is 9.76. The van der Waals surface area contributed by atoms with Gasteiger partial charge >= 0.3 is 0 Å². The van der Waals surface area contributed by atoms with Crippen LogP contribution in [-0.4, -0.2) is 6.54 Å². The Labute approximate surface area is 112 Å². The second-order valence-corrected chi connectivity index (χ2v) is 6.10. The van der Waals surface area contributed by atoms with E-state index in [0.29, 0.717) is 5.41 Å². The molecule has 1 N–H and O–H groups in total. The molecule has 0 saturated heterocycles. The van der Waals surface area contributed by atoms with Crippen LogP contribution in [0.1, 0.15) is 57.1 Å². The highest BCUT2D eigenvalue weighted by atomic mass is 14.9. The topological polar surface area (TPSA) is 12.0 Å². The van der Waals surface area contributed by atoms with Crippen molar-refractivity contribution >= 4 is 0 Å². The Hall–Kier alpha value is -0.820. The summed E-state index contributed by atoms with van der Waals surface area (Å²) >= 11 is 0. The fourth-order valence-electron chi connectivity index (χ4n) is 3.16. The molecule has 0 amide bonds. The first kappa shape index (κ1) is 13.6. The molecule has 1 aliphatic carbocycles. The number of hydrogen-bond acceptors (Lipinski definition) is 1. The van der Waals surface area contributed by atoms with Crippen molar-refractivity contribution in [3.05, 3.63) is 35.4 Å². The van der Waals surface area contributed by atoms with Crippen LogP contribution in [0.2, 0.25) is 0 Å². The minimum atomic E-state index is 0.541. The molecule has 18 heavy (non-hydrogen) atoms. The van der Waals surface area contributed by atoms with Crippen LogP contribution in [0, 0.1) is 5.41 Å². The number of nitrogens with one attached hydrogen (secondary N) is 1. The van der Waals surface area contributed by atoms with Gasteiger partial charge in [-0.25, -0.2) is 0 Å². The maximum absolute atomic E-state index is 3.69. The minimum Gasteiger partial charge on any atom is -0.312 e. The summed E-state index contributed by atoms with van der Waals surface area (Å²) in [4.78, 5) is 0. The average Bonchev–Trinajstić information content (AvgIpc) is 2.40. The summed E-state index contributed by atoms with van der Waals surface area (Å²) in [6.45, 7) is 6.89. The van der Waals surface area contributed by atoms with E-state index < -0.39 is 0 Å². The van der Waals surface area contributed by atoms with E-state index in [0.717, 1.165) is 13.0 Å². The van der Waals surface area contributed by atoms with E-state index in [-0.39, 0.29) is 0 Å². The van der Waals surface area contributed by atoms with Gasteiger partial charge in [-0.1, -0.05) is 57.4 Å². The molecule has 1 heteroatoms. The zero-order valence-corrected chi connectivity index (χ0v) is 12.0. The first-order valence-corrected chi connectivity index (χ1v) is 7.51. The van der Waals surface area contributed by atoms with Crippen LogP contribution in [0.15, 0.2) is 24.3 Å². The van der Waals surface area contributed by atoms with Crippen molar-refractivity contribution < 1.29 is 0 Å². The predicted octanol–water partition coefficient (Wildman–Crippen LogP) is 4.31. The molecule has 1 aromatic carbocycles. The van der Waals surface area contributed by atoms with Gasteiger partial charge in [0.1, 0.15) is 0 Å². The summed E-state index contributed by atoms with van der Waals surface area (Å²) in [5.41, 5.74) is 3.50. The molecule has 0 aliphatic heterocycles. The van der Waals surface area contributed by atoms with E-state index in [2.05, 4.69) is 43.4 Å². The summed E-state index contributed by atoms with van der Waals surface area (Å²) in [7, 11) is 0. The second kappa shape index (κ2) is 6.38. The Morgan fingerprint density at radius 3 is 2.39 bits per heavy atom. The Kier molecular flexibility index (Phi) is 4.82. The van der Waals surface area contributed by atoms with Gasteiger partial charge < -0.3 is 5.32 Å². The van der Waals surface area contributed by atoms with E-state index in [9.17, 15) is 0 Å². The number of hydrogen-bond donors (Lipinski definition) is 1. The van der Waals surface area contributed by atoms with E-state index >= 15 is 0 Å². The quantitative estimate of drug-likeness (QED) is 0.815. The molecule has 1 fully saturated rings. The fraction of sp³-hybridized carbons (Fsp3) is 0.647. The monoisotopic (exact) mass is 245 g/mol. The summed E-state index contributed by atoms with van der Waals surface area (Å²) < 4.78 is 0. The normalized spacial score (nSPS) is 18.8. The molecule has 0 unspecified atom stereocenters. The smallest absolute Gasteiger partial charge is 0.0208 e. The fourth-order valence-corrected chi connectivity index (χ4v) is 3.16. The van der Waals surface area contributed by atoms with Crippen molar-refractivity contribution in [2.75, 3.05) is 6.54 Å². The largest absolute Gasteiger partial charge is 0.312 e. The van der Waals surface area contributed by atoms with Crippen molar-refractivity contribution in [3.8, 4) is 0 Å². The molecule has 1 nitrogen and oxygen atoms in total. The Bertz CT molecular complexity index is 364. The lowest BCUT2D eigenvalue weighted by Gasteiger charge is -2.34. The van der Waals surface area contributed by atoms with E-state index in [1.54, 1.807) is 0 Å². The third-order valence-corrected chi connectivity index (χ3v) is 4.43. The number of rotatable bonds is 5. The lowest BCUT2D eigenvalue weighted by molar-refractivity contribution is 0.207. The highest BCUT2D eigenvalue weighted by Gasteiger charge is 2.25. The van der Waals surface area contributed by atoms with Crippen LogP contribution in [0.5, 0.6) is 0 Å². The second-order valence-electron chi connectivity index (χ2n) is 6.10. The molecule has 100 valence electrons. The van der Waals surface area contributed by atoms with Crippen LogP contribution in [0.4, 0.5) is 0 Å². The van der Waals surface area contributed by atoms with Gasteiger partial charge in [-0.3, -0.25) is 0 Å². The standard InChI is InChI=1S/C17H27N/c1-3-15-9-5-6-10-16(15)13-18-14-17(2)11-7-4-8-12-17/h5-6,9-10,18H,3-4,7-8,11-14H2,1-2H3. The van der Waals surface area contributed by atoms with Crippen LogP contribution < -0.4 is 5.32 Å². The lowest BCUT2D eigenvalue weighted by Crippen LogP contribution is -2.33. The van der Waals surface area contributed by atoms with Crippen LogP contribution in [0.25, 0.3) is 0 Å². The van der Waals surface area contributed by atoms with Crippen LogP contribution in [-0.2, 0) is 13.0 Å². The highest BCUT2D eigenvalue weighted by molar-refractivity contribution is 5.26. The first-order chi connectivity index (χ1) is 8.73. The molecular weight excluding hydrogens is 218 g/mol. The molecule has 0 bridgehead atoms. The molecule has 0 radical (unpaired) electrons. The van der Waals surface area contributed by atoms with Gasteiger partial charge in [-0.15, -0.1) is 0 Å². The molecule has 1 saturated carbocycles. The molecule has 0 heterocycles. The maximum atomic E-state index is 3.69. The zero-order chi connectivity index (χ0) is 12.8. The summed E-state index contributed by atoms with van der Waals surface area (Å²) in [6.07, 6.45) is 8.21. The average molecular weight is 245 g/mol. The Morgan fingerprint density at radius 2 is 1.72 bits per heavy atom. The van der Waals surface area contributed by atoms with Gasteiger partial charge in [-0.2, -0.15) is 0 Å². The first-order valence-electron chi connectivity index (χ1n) is 7.51. The number of benzene rings is 1. The molecule has 0 atom stereocenters. The highest BCUT2D eigenvalue weighted by Crippen LogP contribution is 2.34. The van der Waals surface area contributed by atoms with Crippen molar-refractivity contribution in [1.29, 1.82) is 0 Å². The third-order valence-electron chi connectivity index (χ3n) is 4.43. The number of aryl methyl sites for hydroxylation is 1.